The molecule has 4 heteroatoms. The van der Waals surface area contributed by atoms with Gasteiger partial charge in [0.05, 0.1) is 5.52 Å². The molecule has 0 bridgehead atoms. The van der Waals surface area contributed by atoms with Crippen LogP contribution in [0.15, 0.2) is 42.5 Å². The first-order valence-electron chi connectivity index (χ1n) is 7.78. The summed E-state index contributed by atoms with van der Waals surface area (Å²) in [6, 6.07) is 13.1. The molecule has 1 aliphatic rings. The summed E-state index contributed by atoms with van der Waals surface area (Å²) in [5, 5.41) is 3.71. The predicted octanol–water partition coefficient (Wildman–Crippen LogP) is 3.42. The fourth-order valence-corrected chi connectivity index (χ4v) is 3.53. The minimum absolute atomic E-state index is 0.0731. The molecule has 116 valence electrons. The molecule has 1 aromatic heterocycles. The van der Waals surface area contributed by atoms with Crippen molar-refractivity contribution in [1.82, 2.24) is 9.88 Å². The van der Waals surface area contributed by atoms with Crippen molar-refractivity contribution < 1.29 is 9.18 Å². The largest absolute Gasteiger partial charge is 0.349 e. The van der Waals surface area contributed by atoms with E-state index in [1.807, 2.05) is 41.8 Å². The van der Waals surface area contributed by atoms with Gasteiger partial charge in [0.2, 0.25) is 0 Å². The average Bonchev–Trinajstić information content (AvgIpc) is 2.82. The van der Waals surface area contributed by atoms with Crippen LogP contribution >= 0.6 is 0 Å². The monoisotopic (exact) mass is 308 g/mol. The molecule has 3 aromatic rings. The second kappa shape index (κ2) is 5.23. The van der Waals surface area contributed by atoms with Crippen molar-refractivity contribution in [1.29, 1.82) is 0 Å². The smallest absolute Gasteiger partial charge is 0.268 e. The molecule has 0 saturated heterocycles. The number of hydrogen-bond donors (Lipinski definition) is 1. The van der Waals surface area contributed by atoms with Crippen molar-refractivity contribution in [3.8, 4) is 0 Å². The quantitative estimate of drug-likeness (QED) is 0.773. The van der Waals surface area contributed by atoms with Crippen molar-refractivity contribution in [2.24, 2.45) is 0 Å². The molecule has 23 heavy (non-hydrogen) atoms. The van der Waals surface area contributed by atoms with E-state index in [4.69, 9.17) is 0 Å². The Bertz CT molecular complexity index is 912. The zero-order chi connectivity index (χ0) is 16.0. The molecule has 3 nitrogen and oxygen atoms in total. The van der Waals surface area contributed by atoms with Crippen molar-refractivity contribution in [2.45, 2.75) is 19.9 Å². The maximum absolute atomic E-state index is 14.1. The number of carbonyl (C=O) groups excluding carboxylic acids is 1. The lowest BCUT2D eigenvalue weighted by Crippen LogP contribution is -2.35. The van der Waals surface area contributed by atoms with Gasteiger partial charge in [0.1, 0.15) is 11.5 Å². The van der Waals surface area contributed by atoms with E-state index < -0.39 is 0 Å². The molecule has 4 rings (SSSR count). The van der Waals surface area contributed by atoms with Gasteiger partial charge in [-0.3, -0.25) is 4.79 Å². The number of hydrogen-bond acceptors (Lipinski definition) is 1. The Labute approximate surface area is 133 Å². The lowest BCUT2D eigenvalue weighted by atomic mass is 10.0. The van der Waals surface area contributed by atoms with Crippen LogP contribution in [0.3, 0.4) is 0 Å². The number of halogens is 1. The van der Waals surface area contributed by atoms with E-state index >= 15 is 0 Å². The molecule has 0 spiro atoms. The highest BCUT2D eigenvalue weighted by Gasteiger charge is 2.25. The number of fused-ring (bicyclic) bond motifs is 3. The molecule has 0 saturated carbocycles. The van der Waals surface area contributed by atoms with Gasteiger partial charge < -0.3 is 9.88 Å². The summed E-state index contributed by atoms with van der Waals surface area (Å²) in [5.41, 5.74) is 4.55. The zero-order valence-electron chi connectivity index (χ0n) is 12.9. The summed E-state index contributed by atoms with van der Waals surface area (Å²) in [4.78, 5) is 12.2. The summed E-state index contributed by atoms with van der Waals surface area (Å²) in [5.74, 6) is -0.328. The summed E-state index contributed by atoms with van der Waals surface area (Å²) in [6.45, 7) is 3.22. The zero-order valence-corrected chi connectivity index (χ0v) is 12.9. The summed E-state index contributed by atoms with van der Waals surface area (Å²) in [7, 11) is 0. The standard InChI is InChI=1S/C19H17FN2O/c1-12-16-11-15(20)10-14(9-13-5-3-2-4-6-13)18(16)22-8-7-21-19(23)17(12)22/h2-6,10-11H,7-9H2,1H3,(H,21,23). The highest BCUT2D eigenvalue weighted by molar-refractivity contribution is 6.03. The summed E-state index contributed by atoms with van der Waals surface area (Å²) < 4.78 is 16.2. The minimum atomic E-state index is -0.255. The first-order valence-corrected chi connectivity index (χ1v) is 7.78. The topological polar surface area (TPSA) is 34.0 Å². The summed E-state index contributed by atoms with van der Waals surface area (Å²) in [6.07, 6.45) is 0.652. The van der Waals surface area contributed by atoms with Gasteiger partial charge in [0.25, 0.3) is 5.91 Å². The fourth-order valence-electron chi connectivity index (χ4n) is 3.53. The second-order valence-electron chi connectivity index (χ2n) is 6.00. The molecule has 2 aromatic carbocycles. The van der Waals surface area contributed by atoms with Crippen LogP contribution in [0, 0.1) is 12.7 Å². The highest BCUT2D eigenvalue weighted by atomic mass is 19.1. The van der Waals surface area contributed by atoms with Gasteiger partial charge in [-0.2, -0.15) is 0 Å². The molecule has 0 aliphatic carbocycles. The van der Waals surface area contributed by atoms with E-state index in [9.17, 15) is 9.18 Å². The third-order valence-electron chi connectivity index (χ3n) is 4.53. The number of carbonyl (C=O) groups is 1. The third-order valence-corrected chi connectivity index (χ3v) is 4.53. The molecular formula is C19H17FN2O. The van der Waals surface area contributed by atoms with E-state index in [0.29, 0.717) is 18.7 Å². The van der Waals surface area contributed by atoms with Crippen LogP contribution in [0.4, 0.5) is 4.39 Å². The molecule has 0 radical (unpaired) electrons. The predicted molar refractivity (Wildman–Crippen MR) is 88.2 cm³/mol. The number of nitrogens with zero attached hydrogens (tertiary/aromatic N) is 1. The number of amides is 1. The van der Waals surface area contributed by atoms with Gasteiger partial charge in [-0.1, -0.05) is 30.3 Å². The van der Waals surface area contributed by atoms with Crippen LogP contribution in [0.25, 0.3) is 10.9 Å². The maximum Gasteiger partial charge on any atom is 0.268 e. The molecule has 1 amide bonds. The Hall–Kier alpha value is -2.62. The Kier molecular flexibility index (Phi) is 3.18. The van der Waals surface area contributed by atoms with Gasteiger partial charge in [0, 0.05) is 18.5 Å². The van der Waals surface area contributed by atoms with Crippen molar-refractivity contribution >= 4 is 16.8 Å². The summed E-state index contributed by atoms with van der Waals surface area (Å²) >= 11 is 0. The Morgan fingerprint density at radius 1 is 1.22 bits per heavy atom. The van der Waals surface area contributed by atoms with Crippen LogP contribution in [0.2, 0.25) is 0 Å². The van der Waals surface area contributed by atoms with Crippen LogP contribution in [0.5, 0.6) is 0 Å². The first-order chi connectivity index (χ1) is 11.1. The molecule has 1 aliphatic heterocycles. The van der Waals surface area contributed by atoms with E-state index in [0.717, 1.165) is 34.1 Å². The maximum atomic E-state index is 14.1. The first kappa shape index (κ1) is 14.0. The van der Waals surface area contributed by atoms with E-state index in [2.05, 4.69) is 5.32 Å². The van der Waals surface area contributed by atoms with E-state index in [1.54, 1.807) is 6.07 Å². The molecule has 0 atom stereocenters. The SMILES string of the molecule is Cc1c2n(c3c(Cc4ccccc4)cc(F)cc13)CCNC2=O. The van der Waals surface area contributed by atoms with Gasteiger partial charge in [-0.05, 0) is 42.2 Å². The Morgan fingerprint density at radius 2 is 2.00 bits per heavy atom. The number of nitrogens with one attached hydrogen (secondary N) is 1. The van der Waals surface area contributed by atoms with Gasteiger partial charge in [0.15, 0.2) is 0 Å². The van der Waals surface area contributed by atoms with Crippen molar-refractivity contribution in [2.75, 3.05) is 6.54 Å². The third kappa shape index (κ3) is 2.22. The minimum Gasteiger partial charge on any atom is -0.349 e. The van der Waals surface area contributed by atoms with Crippen molar-refractivity contribution in [3.05, 3.63) is 70.7 Å². The van der Waals surface area contributed by atoms with Gasteiger partial charge >= 0.3 is 0 Å². The Balaban J connectivity index is 1.97. The lowest BCUT2D eigenvalue weighted by molar-refractivity contribution is 0.0928. The van der Waals surface area contributed by atoms with E-state index in [1.165, 1.54) is 6.07 Å². The van der Waals surface area contributed by atoms with Gasteiger partial charge in [-0.15, -0.1) is 0 Å². The van der Waals surface area contributed by atoms with Crippen molar-refractivity contribution in [3.63, 3.8) is 0 Å². The number of benzene rings is 2. The fraction of sp³-hybridized carbons (Fsp3) is 0.211. The van der Waals surface area contributed by atoms with Crippen LogP contribution in [-0.2, 0) is 13.0 Å². The van der Waals surface area contributed by atoms with Crippen LogP contribution < -0.4 is 5.32 Å². The highest BCUT2D eigenvalue weighted by Crippen LogP contribution is 2.31. The number of aryl methyl sites for hydroxylation is 1. The second-order valence-corrected chi connectivity index (χ2v) is 6.00. The average molecular weight is 308 g/mol. The number of aromatic nitrogens is 1. The molecule has 2 heterocycles. The lowest BCUT2D eigenvalue weighted by Gasteiger charge is -2.18. The molecule has 0 unspecified atom stereocenters. The Morgan fingerprint density at radius 3 is 2.78 bits per heavy atom. The molecule has 0 fully saturated rings. The normalized spacial score (nSPS) is 13.9. The number of rotatable bonds is 2. The van der Waals surface area contributed by atoms with E-state index in [-0.39, 0.29) is 11.7 Å². The molecular weight excluding hydrogens is 291 g/mol. The molecule has 1 N–H and O–H groups in total. The van der Waals surface area contributed by atoms with Crippen LogP contribution in [0.1, 0.15) is 27.2 Å². The van der Waals surface area contributed by atoms with Gasteiger partial charge in [-0.25, -0.2) is 4.39 Å². The van der Waals surface area contributed by atoms with Crippen LogP contribution in [-0.4, -0.2) is 17.0 Å².